The number of nitrogens with zero attached hydrogens (tertiary/aromatic N) is 3. The molecule has 1 aromatic heterocycles. The zero-order valence-corrected chi connectivity index (χ0v) is 11.8. The minimum atomic E-state index is 0.402. The molecule has 2 unspecified atom stereocenters. The first kappa shape index (κ1) is 13.3. The molecule has 0 amide bonds. The number of piperidine rings is 1. The maximum Gasteiger partial charge on any atom is 0.233 e. The van der Waals surface area contributed by atoms with Gasteiger partial charge < -0.3 is 4.74 Å². The lowest BCUT2D eigenvalue weighted by molar-refractivity contribution is 0.0787. The largest absolute Gasteiger partial charge is 0.480 e. The van der Waals surface area contributed by atoms with Crippen LogP contribution in [-0.2, 0) is 0 Å². The molecule has 2 atom stereocenters. The van der Waals surface area contributed by atoms with Gasteiger partial charge in [-0.25, -0.2) is 0 Å². The maximum absolute atomic E-state index is 5.06. The van der Waals surface area contributed by atoms with E-state index in [1.807, 2.05) is 12.1 Å². The van der Waals surface area contributed by atoms with Crippen molar-refractivity contribution in [3.63, 3.8) is 0 Å². The summed E-state index contributed by atoms with van der Waals surface area (Å²) in [7, 11) is 1.62. The highest BCUT2D eigenvalue weighted by Crippen LogP contribution is 2.33. The number of methoxy groups -OCH3 is 1. The predicted molar refractivity (Wildman–Crippen MR) is 71.6 cm³/mol. The highest BCUT2D eigenvalue weighted by molar-refractivity contribution is 5.15. The summed E-state index contributed by atoms with van der Waals surface area (Å²) >= 11 is 0. The minimum Gasteiger partial charge on any atom is -0.480 e. The van der Waals surface area contributed by atoms with E-state index in [0.717, 1.165) is 18.2 Å². The van der Waals surface area contributed by atoms with Gasteiger partial charge in [0, 0.05) is 18.7 Å². The number of hydrogen-bond donors (Lipinski definition) is 0. The molecule has 0 aliphatic carbocycles. The van der Waals surface area contributed by atoms with Crippen LogP contribution in [0.5, 0.6) is 5.88 Å². The highest BCUT2D eigenvalue weighted by Gasteiger charge is 2.30. The molecule has 0 aromatic carbocycles. The molecule has 0 saturated carbocycles. The summed E-state index contributed by atoms with van der Waals surface area (Å²) < 4.78 is 5.06. The summed E-state index contributed by atoms with van der Waals surface area (Å²) in [6, 6.07) is 4.89. The van der Waals surface area contributed by atoms with E-state index in [2.05, 4.69) is 35.9 Å². The Labute approximate surface area is 109 Å². The minimum absolute atomic E-state index is 0.402. The fraction of sp³-hybridized carbons (Fsp3) is 0.714. The fourth-order valence-corrected chi connectivity index (χ4v) is 2.69. The van der Waals surface area contributed by atoms with Gasteiger partial charge in [0.25, 0.3) is 0 Å². The summed E-state index contributed by atoms with van der Waals surface area (Å²) in [5.74, 6) is 1.36. The Morgan fingerprint density at radius 1 is 1.28 bits per heavy atom. The first-order chi connectivity index (χ1) is 8.61. The highest BCUT2D eigenvalue weighted by atomic mass is 16.5. The lowest BCUT2D eigenvalue weighted by Crippen LogP contribution is -2.42. The van der Waals surface area contributed by atoms with Crippen LogP contribution in [0, 0.1) is 5.92 Å². The molecule has 1 aliphatic rings. The Hall–Kier alpha value is -1.16. The third-order valence-corrected chi connectivity index (χ3v) is 3.73. The number of likely N-dealkylation sites (tertiary alicyclic amines) is 1. The zero-order valence-electron chi connectivity index (χ0n) is 11.8. The quantitative estimate of drug-likeness (QED) is 0.825. The number of rotatable bonds is 3. The molecule has 2 heterocycles. The molecule has 0 N–H and O–H groups in total. The summed E-state index contributed by atoms with van der Waals surface area (Å²) in [5.41, 5.74) is 1.07. The average Bonchev–Trinajstić information content (AvgIpc) is 2.39. The van der Waals surface area contributed by atoms with E-state index in [1.54, 1.807) is 7.11 Å². The molecule has 2 rings (SSSR count). The van der Waals surface area contributed by atoms with Crippen molar-refractivity contribution in [1.29, 1.82) is 0 Å². The van der Waals surface area contributed by atoms with Crippen molar-refractivity contribution in [3.05, 3.63) is 17.8 Å². The molecular weight excluding hydrogens is 226 g/mol. The van der Waals surface area contributed by atoms with Gasteiger partial charge in [-0.1, -0.05) is 6.92 Å². The summed E-state index contributed by atoms with van der Waals surface area (Å²) in [6.45, 7) is 7.98. The smallest absolute Gasteiger partial charge is 0.233 e. The summed E-state index contributed by atoms with van der Waals surface area (Å²) in [4.78, 5) is 2.53. The molecule has 4 nitrogen and oxygen atoms in total. The van der Waals surface area contributed by atoms with Crippen molar-refractivity contribution >= 4 is 0 Å². The van der Waals surface area contributed by atoms with Crippen LogP contribution >= 0.6 is 0 Å². The van der Waals surface area contributed by atoms with E-state index >= 15 is 0 Å². The van der Waals surface area contributed by atoms with Crippen molar-refractivity contribution in [3.8, 4) is 5.88 Å². The molecule has 1 saturated heterocycles. The monoisotopic (exact) mass is 249 g/mol. The van der Waals surface area contributed by atoms with Crippen molar-refractivity contribution in [1.82, 2.24) is 15.1 Å². The van der Waals surface area contributed by atoms with Gasteiger partial charge in [-0.05, 0) is 38.7 Å². The van der Waals surface area contributed by atoms with Crippen LogP contribution in [0.2, 0.25) is 0 Å². The van der Waals surface area contributed by atoms with Crippen LogP contribution in [0.1, 0.15) is 45.3 Å². The van der Waals surface area contributed by atoms with Crippen molar-refractivity contribution < 1.29 is 4.74 Å². The molecule has 0 radical (unpaired) electrons. The second-order valence-electron chi connectivity index (χ2n) is 5.49. The van der Waals surface area contributed by atoms with E-state index in [-0.39, 0.29) is 0 Å². The molecule has 1 aromatic rings. The van der Waals surface area contributed by atoms with E-state index < -0.39 is 0 Å². The lowest BCUT2D eigenvalue weighted by atomic mass is 9.91. The SMILES string of the molecule is COc1ccc(C2CCC(C)CN2C(C)C)nn1. The van der Waals surface area contributed by atoms with Gasteiger partial charge >= 0.3 is 0 Å². The van der Waals surface area contributed by atoms with Gasteiger partial charge in [0.15, 0.2) is 0 Å². The molecule has 18 heavy (non-hydrogen) atoms. The Bertz CT molecular complexity index is 377. The maximum atomic E-state index is 5.06. The average molecular weight is 249 g/mol. The van der Waals surface area contributed by atoms with Crippen LogP contribution in [0.4, 0.5) is 0 Å². The number of aromatic nitrogens is 2. The topological polar surface area (TPSA) is 38.2 Å². The summed E-state index contributed by atoms with van der Waals surface area (Å²) in [6.07, 6.45) is 2.43. The first-order valence-electron chi connectivity index (χ1n) is 6.75. The molecule has 1 fully saturated rings. The van der Waals surface area contributed by atoms with Crippen LogP contribution in [0.3, 0.4) is 0 Å². The van der Waals surface area contributed by atoms with Gasteiger partial charge in [0.1, 0.15) is 0 Å². The lowest BCUT2D eigenvalue weighted by Gasteiger charge is -2.40. The molecule has 0 bridgehead atoms. The van der Waals surface area contributed by atoms with Crippen molar-refractivity contribution in [2.24, 2.45) is 5.92 Å². The van der Waals surface area contributed by atoms with Gasteiger partial charge in [0.05, 0.1) is 18.8 Å². The van der Waals surface area contributed by atoms with Crippen LogP contribution in [0.15, 0.2) is 12.1 Å². The molecule has 1 aliphatic heterocycles. The van der Waals surface area contributed by atoms with Gasteiger partial charge in [-0.3, -0.25) is 4.90 Å². The predicted octanol–water partition coefficient (Wildman–Crippen LogP) is 2.67. The molecule has 100 valence electrons. The summed E-state index contributed by atoms with van der Waals surface area (Å²) in [5, 5.41) is 8.40. The second kappa shape index (κ2) is 5.65. The molecule has 4 heteroatoms. The third-order valence-electron chi connectivity index (χ3n) is 3.73. The molecular formula is C14H23N3O. The van der Waals surface area contributed by atoms with Crippen molar-refractivity contribution in [2.75, 3.05) is 13.7 Å². The van der Waals surface area contributed by atoms with Gasteiger partial charge in [0.2, 0.25) is 5.88 Å². The Morgan fingerprint density at radius 3 is 2.61 bits per heavy atom. The Morgan fingerprint density at radius 2 is 2.06 bits per heavy atom. The van der Waals surface area contributed by atoms with Crippen LogP contribution in [-0.4, -0.2) is 34.8 Å². The fourth-order valence-electron chi connectivity index (χ4n) is 2.69. The van der Waals surface area contributed by atoms with E-state index in [1.165, 1.54) is 12.8 Å². The standard InChI is InChI=1S/C14H23N3O/c1-10(2)17-9-11(3)5-7-13(17)12-6-8-14(18-4)16-15-12/h6,8,10-11,13H,5,7,9H2,1-4H3. The van der Waals surface area contributed by atoms with E-state index in [9.17, 15) is 0 Å². The van der Waals surface area contributed by atoms with E-state index in [4.69, 9.17) is 4.74 Å². The Kier molecular flexibility index (Phi) is 4.17. The number of hydrogen-bond acceptors (Lipinski definition) is 4. The van der Waals surface area contributed by atoms with Crippen LogP contribution < -0.4 is 4.74 Å². The van der Waals surface area contributed by atoms with Gasteiger partial charge in [-0.15, -0.1) is 5.10 Å². The van der Waals surface area contributed by atoms with Gasteiger partial charge in [-0.2, -0.15) is 5.10 Å². The second-order valence-corrected chi connectivity index (χ2v) is 5.49. The normalized spacial score (nSPS) is 25.4. The zero-order chi connectivity index (χ0) is 13.1. The van der Waals surface area contributed by atoms with Crippen LogP contribution in [0.25, 0.3) is 0 Å². The Balaban J connectivity index is 2.18. The third kappa shape index (κ3) is 2.80. The number of ether oxygens (including phenoxy) is 1. The van der Waals surface area contributed by atoms with E-state index in [0.29, 0.717) is 18.0 Å². The first-order valence-corrected chi connectivity index (χ1v) is 6.75. The molecule has 0 spiro atoms. The van der Waals surface area contributed by atoms with Crippen molar-refractivity contribution in [2.45, 2.75) is 45.7 Å².